The van der Waals surface area contributed by atoms with Crippen LogP contribution in [-0.2, 0) is 13.2 Å². The van der Waals surface area contributed by atoms with Gasteiger partial charge in [0.15, 0.2) is 17.5 Å². The molecule has 0 radical (unpaired) electrons. The maximum absolute atomic E-state index is 5.79. The van der Waals surface area contributed by atoms with Gasteiger partial charge in [0.05, 0.1) is 18.9 Å². The lowest BCUT2D eigenvalue weighted by Crippen LogP contribution is -2.30. The van der Waals surface area contributed by atoms with Gasteiger partial charge in [-0.3, -0.25) is 9.98 Å². The number of hydrogen-bond donors (Lipinski definition) is 2. The van der Waals surface area contributed by atoms with Crippen LogP contribution in [0.2, 0.25) is 0 Å². The number of nitrogens with zero attached hydrogens (tertiary/aromatic N) is 2. The minimum absolute atomic E-state index is 0.449. The van der Waals surface area contributed by atoms with Crippen LogP contribution < -0.4 is 24.8 Å². The lowest BCUT2D eigenvalue weighted by molar-refractivity contribution is 0.297. The Morgan fingerprint density at radius 3 is 2.65 bits per heavy atom. The van der Waals surface area contributed by atoms with E-state index in [1.165, 1.54) is 0 Å². The number of fused-ring (bicyclic) bond motifs is 1. The number of benzene rings is 2. The monoisotopic (exact) mass is 418 g/mol. The maximum atomic E-state index is 5.79. The standard InChI is InChI=1S/C24H26N4O3/c1-25-24(28-19-8-11-22-23(15-19)30-14-4-13-29-22)27-16-18-6-9-21(10-7-18)31-17-20-5-2-3-12-26-20/h2-3,5-12,15H,4,13-14,16-17H2,1H3,(H2,25,27,28). The number of aliphatic imine (C=N–C) groups is 1. The summed E-state index contributed by atoms with van der Waals surface area (Å²) in [5.41, 5.74) is 2.90. The Morgan fingerprint density at radius 2 is 1.87 bits per heavy atom. The topological polar surface area (TPSA) is 77.0 Å². The van der Waals surface area contributed by atoms with Crippen molar-refractivity contribution in [2.75, 3.05) is 25.6 Å². The Balaban J connectivity index is 1.29. The molecule has 0 amide bonds. The Bertz CT molecular complexity index is 1010. The van der Waals surface area contributed by atoms with Gasteiger partial charge in [0.2, 0.25) is 0 Å². The van der Waals surface area contributed by atoms with Gasteiger partial charge in [0.25, 0.3) is 0 Å². The number of hydrogen-bond acceptors (Lipinski definition) is 5. The first-order valence-corrected chi connectivity index (χ1v) is 10.3. The van der Waals surface area contributed by atoms with E-state index < -0.39 is 0 Å². The summed E-state index contributed by atoms with van der Waals surface area (Å²) in [5, 5.41) is 6.61. The van der Waals surface area contributed by atoms with E-state index in [0.29, 0.717) is 32.3 Å². The molecule has 2 heterocycles. The number of anilines is 1. The number of aromatic nitrogens is 1. The number of guanidine groups is 1. The molecule has 0 saturated heterocycles. The van der Waals surface area contributed by atoms with Crippen molar-refractivity contribution in [1.82, 2.24) is 10.3 Å². The molecular weight excluding hydrogens is 392 g/mol. The average molecular weight is 418 g/mol. The fraction of sp³-hybridized carbons (Fsp3) is 0.250. The van der Waals surface area contributed by atoms with Gasteiger partial charge in [0.1, 0.15) is 12.4 Å². The Hall–Kier alpha value is -3.74. The largest absolute Gasteiger partial charge is 0.490 e. The summed E-state index contributed by atoms with van der Waals surface area (Å²) in [5.74, 6) is 3.00. The van der Waals surface area contributed by atoms with Crippen molar-refractivity contribution in [3.63, 3.8) is 0 Å². The van der Waals surface area contributed by atoms with Crippen LogP contribution in [0.15, 0.2) is 71.9 Å². The zero-order chi connectivity index (χ0) is 21.3. The van der Waals surface area contributed by atoms with Crippen LogP contribution in [0.3, 0.4) is 0 Å². The summed E-state index contributed by atoms with van der Waals surface area (Å²) in [6.45, 7) is 2.41. The molecule has 4 rings (SSSR count). The van der Waals surface area contributed by atoms with Crippen molar-refractivity contribution >= 4 is 11.6 Å². The third-order valence-electron chi connectivity index (χ3n) is 4.73. The molecule has 0 fully saturated rings. The lowest BCUT2D eigenvalue weighted by Gasteiger charge is -2.14. The van der Waals surface area contributed by atoms with E-state index in [4.69, 9.17) is 14.2 Å². The fourth-order valence-electron chi connectivity index (χ4n) is 3.09. The maximum Gasteiger partial charge on any atom is 0.195 e. The van der Waals surface area contributed by atoms with Gasteiger partial charge in [-0.05, 0) is 42.0 Å². The van der Waals surface area contributed by atoms with Crippen LogP contribution in [0.4, 0.5) is 5.69 Å². The number of rotatable bonds is 6. The summed E-state index contributed by atoms with van der Waals surface area (Å²) in [7, 11) is 1.74. The summed E-state index contributed by atoms with van der Waals surface area (Å²) < 4.78 is 17.2. The minimum atomic E-state index is 0.449. The molecule has 3 aromatic rings. The van der Waals surface area contributed by atoms with E-state index in [9.17, 15) is 0 Å². The third-order valence-corrected chi connectivity index (χ3v) is 4.73. The number of nitrogens with one attached hydrogen (secondary N) is 2. The molecule has 0 saturated carbocycles. The van der Waals surface area contributed by atoms with Gasteiger partial charge in [-0.2, -0.15) is 0 Å². The van der Waals surface area contributed by atoms with Crippen LogP contribution in [0.25, 0.3) is 0 Å². The highest BCUT2D eigenvalue weighted by atomic mass is 16.5. The van der Waals surface area contributed by atoms with Crippen LogP contribution in [-0.4, -0.2) is 31.2 Å². The molecule has 7 heteroatoms. The molecule has 0 aliphatic carbocycles. The van der Waals surface area contributed by atoms with E-state index in [-0.39, 0.29) is 0 Å². The Labute approximate surface area is 182 Å². The van der Waals surface area contributed by atoms with Crippen molar-refractivity contribution in [1.29, 1.82) is 0 Å². The zero-order valence-electron chi connectivity index (χ0n) is 17.5. The molecule has 7 nitrogen and oxygen atoms in total. The fourth-order valence-corrected chi connectivity index (χ4v) is 3.09. The highest BCUT2D eigenvalue weighted by molar-refractivity contribution is 5.93. The molecule has 1 aliphatic heterocycles. The highest BCUT2D eigenvalue weighted by Gasteiger charge is 2.11. The summed E-state index contributed by atoms with van der Waals surface area (Å²) in [4.78, 5) is 8.56. The second-order valence-electron chi connectivity index (χ2n) is 7.02. The van der Waals surface area contributed by atoms with E-state index in [1.54, 1.807) is 13.2 Å². The van der Waals surface area contributed by atoms with Crippen molar-refractivity contribution < 1.29 is 14.2 Å². The second-order valence-corrected chi connectivity index (χ2v) is 7.02. The Kier molecular flexibility index (Phi) is 6.85. The predicted molar refractivity (Wildman–Crippen MR) is 121 cm³/mol. The van der Waals surface area contributed by atoms with E-state index in [0.717, 1.165) is 40.6 Å². The first-order valence-electron chi connectivity index (χ1n) is 10.3. The lowest BCUT2D eigenvalue weighted by atomic mass is 10.2. The van der Waals surface area contributed by atoms with Gasteiger partial charge in [0, 0.05) is 38.0 Å². The van der Waals surface area contributed by atoms with Gasteiger partial charge in [-0.15, -0.1) is 0 Å². The highest BCUT2D eigenvalue weighted by Crippen LogP contribution is 2.32. The van der Waals surface area contributed by atoms with Crippen molar-refractivity contribution in [3.05, 3.63) is 78.1 Å². The molecule has 2 N–H and O–H groups in total. The second kappa shape index (κ2) is 10.3. The third kappa shape index (κ3) is 5.88. The molecular formula is C24H26N4O3. The van der Waals surface area contributed by atoms with Crippen LogP contribution >= 0.6 is 0 Å². The SMILES string of the molecule is CN=C(NCc1ccc(OCc2ccccn2)cc1)Nc1ccc2c(c1)OCCCO2. The quantitative estimate of drug-likeness (QED) is 0.465. The van der Waals surface area contributed by atoms with Crippen LogP contribution in [0.5, 0.6) is 17.2 Å². The summed E-state index contributed by atoms with van der Waals surface area (Å²) in [6.07, 6.45) is 2.65. The molecule has 0 atom stereocenters. The minimum Gasteiger partial charge on any atom is -0.490 e. The smallest absolute Gasteiger partial charge is 0.195 e. The number of ether oxygens (including phenoxy) is 3. The molecule has 160 valence electrons. The molecule has 0 bridgehead atoms. The normalized spacial score (nSPS) is 13.3. The molecule has 0 spiro atoms. The first-order chi connectivity index (χ1) is 15.3. The molecule has 2 aromatic carbocycles. The van der Waals surface area contributed by atoms with Gasteiger partial charge < -0.3 is 24.8 Å². The van der Waals surface area contributed by atoms with Crippen LogP contribution in [0.1, 0.15) is 17.7 Å². The van der Waals surface area contributed by atoms with Gasteiger partial charge in [-0.1, -0.05) is 18.2 Å². The Morgan fingerprint density at radius 1 is 1.03 bits per heavy atom. The van der Waals surface area contributed by atoms with Gasteiger partial charge >= 0.3 is 0 Å². The number of pyridine rings is 1. The average Bonchev–Trinajstić information content (AvgIpc) is 3.07. The van der Waals surface area contributed by atoms with E-state index in [2.05, 4.69) is 20.6 Å². The van der Waals surface area contributed by atoms with E-state index >= 15 is 0 Å². The summed E-state index contributed by atoms with van der Waals surface area (Å²) in [6, 6.07) is 19.6. The van der Waals surface area contributed by atoms with Crippen molar-refractivity contribution in [2.24, 2.45) is 4.99 Å². The molecule has 0 unspecified atom stereocenters. The summed E-state index contributed by atoms with van der Waals surface area (Å²) >= 11 is 0. The zero-order valence-corrected chi connectivity index (χ0v) is 17.5. The van der Waals surface area contributed by atoms with Gasteiger partial charge in [-0.25, -0.2) is 0 Å². The van der Waals surface area contributed by atoms with Crippen LogP contribution in [0, 0.1) is 0 Å². The van der Waals surface area contributed by atoms with Crippen molar-refractivity contribution in [3.8, 4) is 17.2 Å². The predicted octanol–water partition coefficient (Wildman–Crippen LogP) is 4.01. The molecule has 1 aliphatic rings. The van der Waals surface area contributed by atoms with E-state index in [1.807, 2.05) is 60.7 Å². The first kappa shape index (κ1) is 20.5. The molecule has 31 heavy (non-hydrogen) atoms. The van der Waals surface area contributed by atoms with Crippen molar-refractivity contribution in [2.45, 2.75) is 19.6 Å². The molecule has 1 aromatic heterocycles.